The summed E-state index contributed by atoms with van der Waals surface area (Å²) in [6.07, 6.45) is 2.51. The normalized spacial score (nSPS) is 10.5. The van der Waals surface area contributed by atoms with Gasteiger partial charge in [-0.25, -0.2) is 0 Å². The van der Waals surface area contributed by atoms with Gasteiger partial charge in [0.2, 0.25) is 5.78 Å². The maximum Gasteiger partial charge on any atom is 0.212 e. The van der Waals surface area contributed by atoms with E-state index in [1.807, 2.05) is 33.8 Å². The highest BCUT2D eigenvalue weighted by Crippen LogP contribution is 2.13. The number of phenolic OH excluding ortho intramolecular Hbond substituents is 1. The molecule has 1 atom stereocenters. The number of rotatable bonds is 5. The van der Waals surface area contributed by atoms with E-state index in [4.69, 9.17) is 5.11 Å². The smallest absolute Gasteiger partial charge is 0.212 e. The largest absolute Gasteiger partial charge is 0.508 e. The van der Waals surface area contributed by atoms with Crippen molar-refractivity contribution in [2.75, 3.05) is 14.1 Å². The fourth-order valence-corrected chi connectivity index (χ4v) is 1.87. The first-order valence-corrected chi connectivity index (χ1v) is 11.0. The van der Waals surface area contributed by atoms with E-state index in [1.165, 1.54) is 53.1 Å². The zero-order valence-corrected chi connectivity index (χ0v) is 22.6. The number of Topliss-reactive ketones (excluding diaryl/α,β-unsaturated/α-hetero) is 4. The molecule has 188 valence electrons. The third-order valence-electron chi connectivity index (χ3n) is 3.31. The van der Waals surface area contributed by atoms with Crippen LogP contribution in [0.2, 0.25) is 0 Å². The Morgan fingerprint density at radius 3 is 1.58 bits per heavy atom. The summed E-state index contributed by atoms with van der Waals surface area (Å²) in [5.74, 6) is -2.05. The molecular formula is C26H44N2O5. The highest BCUT2D eigenvalue weighted by atomic mass is 16.3. The molecule has 1 unspecified atom stereocenters. The number of carbonyl (C=O) groups is 4. The molecule has 0 amide bonds. The molecule has 0 aliphatic carbocycles. The van der Waals surface area contributed by atoms with Crippen molar-refractivity contribution in [1.82, 2.24) is 0 Å². The summed E-state index contributed by atoms with van der Waals surface area (Å²) in [4.78, 5) is 50.4. The van der Waals surface area contributed by atoms with Crippen molar-refractivity contribution in [3.8, 4) is 5.75 Å². The monoisotopic (exact) mass is 464 g/mol. The Kier molecular flexibility index (Phi) is 26.8. The van der Waals surface area contributed by atoms with Crippen LogP contribution in [0.15, 0.2) is 28.2 Å². The highest BCUT2D eigenvalue weighted by Gasteiger charge is 2.27. The molecule has 33 heavy (non-hydrogen) atoms. The van der Waals surface area contributed by atoms with Gasteiger partial charge in [-0.3, -0.25) is 24.4 Å². The van der Waals surface area contributed by atoms with E-state index >= 15 is 0 Å². The van der Waals surface area contributed by atoms with E-state index in [0.29, 0.717) is 5.75 Å². The molecule has 0 aliphatic heterocycles. The van der Waals surface area contributed by atoms with Crippen molar-refractivity contribution in [2.24, 2.45) is 15.9 Å². The number of ketones is 4. The molecule has 0 spiro atoms. The molecule has 0 heterocycles. The second-order valence-corrected chi connectivity index (χ2v) is 6.85. The van der Waals surface area contributed by atoms with Gasteiger partial charge in [0.25, 0.3) is 0 Å². The molecule has 0 radical (unpaired) electrons. The predicted molar refractivity (Wildman–Crippen MR) is 139 cm³/mol. The number of benzene rings is 1. The van der Waals surface area contributed by atoms with Crippen LogP contribution in [0.4, 0.5) is 0 Å². The first kappa shape index (κ1) is 37.4. The Morgan fingerprint density at radius 2 is 1.33 bits per heavy atom. The van der Waals surface area contributed by atoms with Crippen molar-refractivity contribution < 1.29 is 24.3 Å². The summed E-state index contributed by atoms with van der Waals surface area (Å²) in [5.41, 5.74) is 2.41. The van der Waals surface area contributed by atoms with E-state index in [2.05, 4.69) is 23.8 Å². The van der Waals surface area contributed by atoms with Crippen molar-refractivity contribution in [3.05, 3.63) is 29.3 Å². The number of aromatic hydroxyl groups is 1. The van der Waals surface area contributed by atoms with Gasteiger partial charge < -0.3 is 9.90 Å². The maximum atomic E-state index is 11.5. The zero-order valence-electron chi connectivity index (χ0n) is 22.6. The third-order valence-corrected chi connectivity index (χ3v) is 3.31. The van der Waals surface area contributed by atoms with E-state index in [1.54, 1.807) is 12.1 Å². The van der Waals surface area contributed by atoms with Crippen LogP contribution >= 0.6 is 0 Å². The van der Waals surface area contributed by atoms with Crippen LogP contribution in [-0.4, -0.2) is 54.3 Å². The van der Waals surface area contributed by atoms with Crippen LogP contribution in [0.1, 0.15) is 72.9 Å². The SMILES string of the molecule is CC.CC(C)=O.CCC.CN=CC(C(=O)C(C)=O)C(=NC)C(C)=O.Cc1ccc(O)cc1C. The second-order valence-electron chi connectivity index (χ2n) is 6.85. The summed E-state index contributed by atoms with van der Waals surface area (Å²) in [6.45, 7) is 17.8. The highest BCUT2D eigenvalue weighted by molar-refractivity contribution is 6.54. The summed E-state index contributed by atoms with van der Waals surface area (Å²) >= 11 is 0. The van der Waals surface area contributed by atoms with E-state index < -0.39 is 17.5 Å². The molecule has 7 nitrogen and oxygen atoms in total. The summed E-state index contributed by atoms with van der Waals surface area (Å²) in [7, 11) is 2.87. The van der Waals surface area contributed by atoms with Crippen LogP contribution in [0.25, 0.3) is 0 Å². The summed E-state index contributed by atoms with van der Waals surface area (Å²) < 4.78 is 0. The lowest BCUT2D eigenvalue weighted by Crippen LogP contribution is -2.34. The molecule has 0 aliphatic rings. The van der Waals surface area contributed by atoms with E-state index in [9.17, 15) is 19.2 Å². The molecule has 0 saturated carbocycles. The van der Waals surface area contributed by atoms with Gasteiger partial charge in [0.05, 0.1) is 5.71 Å². The number of carbonyl (C=O) groups excluding carboxylic acids is 4. The second kappa shape index (κ2) is 23.7. The first-order valence-electron chi connectivity index (χ1n) is 11.0. The van der Waals surface area contributed by atoms with Gasteiger partial charge in [0.1, 0.15) is 17.5 Å². The van der Waals surface area contributed by atoms with Crippen molar-refractivity contribution in [1.29, 1.82) is 0 Å². The average Bonchev–Trinajstić information content (AvgIpc) is 2.72. The Morgan fingerprint density at radius 1 is 0.909 bits per heavy atom. The Bertz CT molecular complexity index is 777. The minimum absolute atomic E-state index is 0.0563. The van der Waals surface area contributed by atoms with Crippen LogP contribution in [-0.2, 0) is 19.2 Å². The Labute approximate surface area is 200 Å². The molecule has 0 aromatic heterocycles. The van der Waals surface area contributed by atoms with Crippen molar-refractivity contribution in [3.63, 3.8) is 0 Å². The van der Waals surface area contributed by atoms with Gasteiger partial charge in [-0.1, -0.05) is 40.2 Å². The molecule has 0 saturated heterocycles. The molecule has 0 bridgehead atoms. The maximum absolute atomic E-state index is 11.5. The van der Waals surface area contributed by atoms with Crippen LogP contribution in [0.3, 0.4) is 0 Å². The molecule has 7 heteroatoms. The summed E-state index contributed by atoms with van der Waals surface area (Å²) in [5, 5.41) is 8.94. The number of phenols is 1. The number of hydrogen-bond donors (Lipinski definition) is 1. The molecule has 1 aromatic carbocycles. The van der Waals surface area contributed by atoms with Gasteiger partial charge in [-0.15, -0.1) is 0 Å². The fourth-order valence-electron chi connectivity index (χ4n) is 1.87. The van der Waals surface area contributed by atoms with Gasteiger partial charge in [-0.2, -0.15) is 0 Å². The van der Waals surface area contributed by atoms with Crippen LogP contribution < -0.4 is 0 Å². The molecule has 1 rings (SSSR count). The van der Waals surface area contributed by atoms with E-state index in [-0.39, 0.29) is 17.3 Å². The number of nitrogens with zero attached hydrogens (tertiary/aromatic N) is 2. The standard InChI is InChI=1S/C10H14N2O3.C8H10O.C3H6O.C3H8.C2H6/c1-6(13)9(12-4)8(5-11-3)10(15)7(2)14;1-6-3-4-8(9)5-7(6)2;1-3(2)4;1-3-2;1-2/h5,8H,1-4H3;3-5,9H,1-2H3;1-2H3;3H2,1-2H3;1-2H3. The molecule has 1 N–H and O–H groups in total. The van der Waals surface area contributed by atoms with E-state index in [0.717, 1.165) is 12.5 Å². The lowest BCUT2D eigenvalue weighted by atomic mass is 9.94. The minimum Gasteiger partial charge on any atom is -0.508 e. The first-order chi connectivity index (χ1) is 15.3. The van der Waals surface area contributed by atoms with Crippen LogP contribution in [0, 0.1) is 19.8 Å². The Balaban J connectivity index is -0.000000196. The van der Waals surface area contributed by atoms with Crippen molar-refractivity contribution >= 4 is 35.1 Å². The zero-order chi connectivity index (χ0) is 27.1. The number of aliphatic imine (C=N–C) groups is 2. The topological polar surface area (TPSA) is 113 Å². The van der Waals surface area contributed by atoms with Crippen LogP contribution in [0.5, 0.6) is 5.75 Å². The van der Waals surface area contributed by atoms with Gasteiger partial charge in [-0.05, 0) is 51.0 Å². The number of aryl methyl sites for hydroxylation is 2. The predicted octanol–water partition coefficient (Wildman–Crippen LogP) is 5.17. The Hall–Kier alpha value is -2.96. The third kappa shape index (κ3) is 22.0. The number of hydrogen-bond acceptors (Lipinski definition) is 7. The van der Waals surface area contributed by atoms with Crippen molar-refractivity contribution in [2.45, 2.75) is 75.7 Å². The molecular weight excluding hydrogens is 420 g/mol. The minimum atomic E-state index is -0.949. The van der Waals surface area contributed by atoms with Gasteiger partial charge in [0, 0.05) is 34.2 Å². The fraction of sp³-hybridized carbons (Fsp3) is 0.538. The summed E-state index contributed by atoms with van der Waals surface area (Å²) in [6, 6.07) is 5.36. The molecule has 0 fully saturated rings. The van der Waals surface area contributed by atoms with Gasteiger partial charge >= 0.3 is 0 Å². The average molecular weight is 465 g/mol. The van der Waals surface area contributed by atoms with Gasteiger partial charge in [0.15, 0.2) is 11.6 Å². The lowest BCUT2D eigenvalue weighted by Gasteiger charge is -2.09. The lowest BCUT2D eigenvalue weighted by molar-refractivity contribution is -0.135. The molecule has 1 aromatic rings. The quantitative estimate of drug-likeness (QED) is 0.477.